The minimum Gasteiger partial charge on any atom is -0.505 e. The van der Waals surface area contributed by atoms with E-state index in [0.29, 0.717) is 0 Å². The van der Waals surface area contributed by atoms with Crippen molar-refractivity contribution >= 4 is 40.7 Å². The molecule has 0 amide bonds. The third-order valence-corrected chi connectivity index (χ3v) is 3.14. The van der Waals surface area contributed by atoms with Gasteiger partial charge in [0.05, 0.1) is 10.0 Å². The molecule has 0 saturated carbocycles. The number of benzene rings is 1. The molecule has 0 radical (unpaired) electrons. The summed E-state index contributed by atoms with van der Waals surface area (Å²) in [6.45, 7) is 0.873. The number of anilines is 1. The van der Waals surface area contributed by atoms with Crippen LogP contribution >= 0.6 is 35.0 Å². The molecule has 15 heavy (non-hydrogen) atoms. The molecule has 2 N–H and O–H groups in total. The van der Waals surface area contributed by atoms with Crippen LogP contribution in [0.1, 0.15) is 6.42 Å². The summed E-state index contributed by atoms with van der Waals surface area (Å²) in [5, 5.41) is 13.1. The Morgan fingerprint density at radius 3 is 2.47 bits per heavy atom. The Hall–Kier alpha value is -0.250. The third-order valence-electron chi connectivity index (χ3n) is 1.87. The van der Waals surface area contributed by atoms with E-state index in [9.17, 15) is 5.11 Å². The summed E-state index contributed by atoms with van der Waals surface area (Å²) in [6.07, 6.45) is 3.16. The van der Waals surface area contributed by atoms with Crippen LogP contribution < -0.4 is 5.32 Å². The lowest BCUT2D eigenvalue weighted by atomic mass is 10.3. The number of phenols is 1. The standard InChI is InChI=1S/C10H13Cl2NOS/c1-15-4-2-3-13-7-5-8(11)10(14)9(12)6-7/h5-6,13-14H,2-4H2,1H3. The van der Waals surface area contributed by atoms with Gasteiger partial charge >= 0.3 is 0 Å². The highest BCUT2D eigenvalue weighted by Crippen LogP contribution is 2.34. The van der Waals surface area contributed by atoms with Crippen LogP contribution in [0.3, 0.4) is 0 Å². The van der Waals surface area contributed by atoms with Gasteiger partial charge in [-0.3, -0.25) is 0 Å². The van der Waals surface area contributed by atoms with Gasteiger partial charge in [-0.1, -0.05) is 23.2 Å². The van der Waals surface area contributed by atoms with Crippen molar-refractivity contribution < 1.29 is 5.11 Å². The van der Waals surface area contributed by atoms with Crippen molar-refractivity contribution in [2.75, 3.05) is 23.9 Å². The highest BCUT2D eigenvalue weighted by Gasteiger charge is 2.05. The maximum atomic E-state index is 9.35. The molecule has 1 rings (SSSR count). The predicted molar refractivity (Wildman–Crippen MR) is 69.6 cm³/mol. The van der Waals surface area contributed by atoms with Crippen LogP contribution in [-0.4, -0.2) is 23.7 Å². The van der Waals surface area contributed by atoms with Crippen LogP contribution in [0.2, 0.25) is 10.0 Å². The molecular formula is C10H13Cl2NOS. The van der Waals surface area contributed by atoms with Gasteiger partial charge < -0.3 is 10.4 Å². The van der Waals surface area contributed by atoms with Gasteiger partial charge in [-0.2, -0.15) is 11.8 Å². The number of hydrogen-bond acceptors (Lipinski definition) is 3. The molecule has 0 atom stereocenters. The summed E-state index contributed by atoms with van der Waals surface area (Å²) in [7, 11) is 0. The molecular weight excluding hydrogens is 253 g/mol. The van der Waals surface area contributed by atoms with E-state index in [0.717, 1.165) is 24.4 Å². The first-order valence-corrected chi connectivity index (χ1v) is 6.71. The minimum atomic E-state index is -0.0620. The lowest BCUT2D eigenvalue weighted by Gasteiger charge is -2.08. The maximum Gasteiger partial charge on any atom is 0.152 e. The molecule has 0 bridgehead atoms. The van der Waals surface area contributed by atoms with Crippen molar-refractivity contribution in [2.24, 2.45) is 0 Å². The Labute approximate surface area is 104 Å². The molecule has 0 unspecified atom stereocenters. The monoisotopic (exact) mass is 265 g/mol. The zero-order valence-corrected chi connectivity index (χ0v) is 10.7. The molecule has 1 aromatic rings. The number of thioether (sulfide) groups is 1. The molecule has 0 saturated heterocycles. The Balaban J connectivity index is 2.55. The Kier molecular flexibility index (Phi) is 5.43. The zero-order chi connectivity index (χ0) is 11.3. The molecule has 2 nitrogen and oxygen atoms in total. The highest BCUT2D eigenvalue weighted by molar-refractivity contribution is 7.98. The van der Waals surface area contributed by atoms with Gasteiger partial charge in [-0.25, -0.2) is 0 Å². The largest absolute Gasteiger partial charge is 0.505 e. The fourth-order valence-electron chi connectivity index (χ4n) is 1.12. The van der Waals surface area contributed by atoms with E-state index < -0.39 is 0 Å². The summed E-state index contributed by atoms with van der Waals surface area (Å²) in [6, 6.07) is 3.34. The van der Waals surface area contributed by atoms with Crippen molar-refractivity contribution in [3.05, 3.63) is 22.2 Å². The van der Waals surface area contributed by atoms with Crippen LogP contribution in [0.15, 0.2) is 12.1 Å². The fourth-order valence-corrected chi connectivity index (χ4v) is 2.04. The molecule has 5 heteroatoms. The summed E-state index contributed by atoms with van der Waals surface area (Å²) in [5.41, 5.74) is 0.837. The number of phenolic OH excluding ortho intramolecular Hbond substituents is 1. The average molecular weight is 266 g/mol. The van der Waals surface area contributed by atoms with E-state index in [1.54, 1.807) is 12.1 Å². The second-order valence-corrected chi connectivity index (χ2v) is 4.86. The summed E-state index contributed by atoms with van der Waals surface area (Å²) >= 11 is 13.4. The molecule has 1 aromatic carbocycles. The molecule has 0 heterocycles. The summed E-state index contributed by atoms with van der Waals surface area (Å²) in [5.74, 6) is 1.06. The van der Waals surface area contributed by atoms with Crippen LogP contribution in [0.4, 0.5) is 5.69 Å². The SMILES string of the molecule is CSCCCNc1cc(Cl)c(O)c(Cl)c1. The van der Waals surface area contributed by atoms with Crippen molar-refractivity contribution in [1.29, 1.82) is 0 Å². The van der Waals surface area contributed by atoms with E-state index in [-0.39, 0.29) is 15.8 Å². The lowest BCUT2D eigenvalue weighted by Crippen LogP contribution is -2.02. The van der Waals surface area contributed by atoms with Gasteiger partial charge in [0.25, 0.3) is 0 Å². The quantitative estimate of drug-likeness (QED) is 0.627. The molecule has 0 spiro atoms. The molecule has 0 fully saturated rings. The Bertz CT molecular complexity index is 310. The highest BCUT2D eigenvalue weighted by atomic mass is 35.5. The smallest absolute Gasteiger partial charge is 0.152 e. The van der Waals surface area contributed by atoms with Gasteiger partial charge in [-0.15, -0.1) is 0 Å². The second kappa shape index (κ2) is 6.36. The normalized spacial score (nSPS) is 10.3. The van der Waals surface area contributed by atoms with E-state index in [1.165, 1.54) is 0 Å². The third kappa shape index (κ3) is 4.01. The first kappa shape index (κ1) is 12.8. The second-order valence-electron chi connectivity index (χ2n) is 3.06. The van der Waals surface area contributed by atoms with Crippen molar-refractivity contribution in [3.63, 3.8) is 0 Å². The molecule has 0 aliphatic heterocycles. The van der Waals surface area contributed by atoms with Crippen LogP contribution in [0, 0.1) is 0 Å². The van der Waals surface area contributed by atoms with E-state index in [1.807, 2.05) is 11.8 Å². The van der Waals surface area contributed by atoms with Crippen LogP contribution in [0.25, 0.3) is 0 Å². The summed E-state index contributed by atoms with van der Waals surface area (Å²) in [4.78, 5) is 0. The van der Waals surface area contributed by atoms with E-state index in [4.69, 9.17) is 23.2 Å². The van der Waals surface area contributed by atoms with Crippen molar-refractivity contribution in [2.45, 2.75) is 6.42 Å². The first-order valence-electron chi connectivity index (χ1n) is 4.56. The van der Waals surface area contributed by atoms with Gasteiger partial charge in [0, 0.05) is 12.2 Å². The Morgan fingerprint density at radius 1 is 1.33 bits per heavy atom. The first-order chi connectivity index (χ1) is 7.15. The minimum absolute atomic E-state index is 0.0620. The predicted octanol–water partition coefficient (Wildman–Crippen LogP) is 3.86. The lowest BCUT2D eigenvalue weighted by molar-refractivity contribution is 0.476. The number of nitrogens with one attached hydrogen (secondary N) is 1. The maximum absolute atomic E-state index is 9.35. The molecule has 0 aromatic heterocycles. The zero-order valence-electron chi connectivity index (χ0n) is 8.39. The molecule has 84 valence electrons. The van der Waals surface area contributed by atoms with E-state index >= 15 is 0 Å². The number of halogens is 2. The number of rotatable bonds is 5. The van der Waals surface area contributed by atoms with Gasteiger partial charge in [0.1, 0.15) is 0 Å². The Morgan fingerprint density at radius 2 is 1.93 bits per heavy atom. The van der Waals surface area contributed by atoms with Gasteiger partial charge in [0.15, 0.2) is 5.75 Å². The fraction of sp³-hybridized carbons (Fsp3) is 0.400. The number of aromatic hydroxyl groups is 1. The average Bonchev–Trinajstić information content (AvgIpc) is 2.21. The van der Waals surface area contributed by atoms with Crippen molar-refractivity contribution in [3.8, 4) is 5.75 Å². The van der Waals surface area contributed by atoms with E-state index in [2.05, 4.69) is 11.6 Å². The topological polar surface area (TPSA) is 32.3 Å². The van der Waals surface area contributed by atoms with Gasteiger partial charge in [-0.05, 0) is 30.6 Å². The molecule has 0 aliphatic rings. The van der Waals surface area contributed by atoms with Crippen LogP contribution in [0.5, 0.6) is 5.75 Å². The van der Waals surface area contributed by atoms with Gasteiger partial charge in [0.2, 0.25) is 0 Å². The number of hydrogen-bond donors (Lipinski definition) is 2. The molecule has 0 aliphatic carbocycles. The van der Waals surface area contributed by atoms with Crippen LogP contribution in [-0.2, 0) is 0 Å². The summed E-state index contributed by atoms with van der Waals surface area (Å²) < 4.78 is 0. The van der Waals surface area contributed by atoms with Crippen molar-refractivity contribution in [1.82, 2.24) is 0 Å².